The Morgan fingerprint density at radius 3 is 2.81 bits per heavy atom. The molecule has 0 atom stereocenters. The van der Waals surface area contributed by atoms with Crippen molar-refractivity contribution in [2.75, 3.05) is 0 Å². The highest BCUT2D eigenvalue weighted by atomic mass is 16.5. The predicted octanol–water partition coefficient (Wildman–Crippen LogP) is 2.13. The number of hydrogen-bond acceptors (Lipinski definition) is 4. The van der Waals surface area contributed by atoms with Gasteiger partial charge in [0.15, 0.2) is 5.82 Å². The van der Waals surface area contributed by atoms with Crippen molar-refractivity contribution in [3.63, 3.8) is 0 Å². The van der Waals surface area contributed by atoms with Crippen LogP contribution in [0.1, 0.15) is 56.2 Å². The Morgan fingerprint density at radius 1 is 1.38 bits per heavy atom. The van der Waals surface area contributed by atoms with Crippen LogP contribution in [0.5, 0.6) is 0 Å². The minimum atomic E-state index is -0.836. The maximum absolute atomic E-state index is 10.4. The molecule has 0 aliphatic heterocycles. The third kappa shape index (κ3) is 2.81. The lowest BCUT2D eigenvalue weighted by atomic mass is 9.89. The van der Waals surface area contributed by atoms with Crippen LogP contribution in [0.15, 0.2) is 4.52 Å². The van der Waals surface area contributed by atoms with E-state index in [2.05, 4.69) is 10.1 Å². The van der Waals surface area contributed by atoms with Gasteiger partial charge < -0.3 is 9.63 Å². The maximum atomic E-state index is 10.4. The molecule has 0 amide bonds. The molecule has 5 nitrogen and oxygen atoms in total. The Hall–Kier alpha value is -1.39. The summed E-state index contributed by atoms with van der Waals surface area (Å²) in [6.45, 7) is 0. The van der Waals surface area contributed by atoms with Crippen LogP contribution >= 0.6 is 0 Å². The van der Waals surface area contributed by atoms with Gasteiger partial charge in [-0.3, -0.25) is 4.79 Å². The number of aryl methyl sites for hydroxylation is 1. The number of aliphatic carboxylic acids is 1. The second kappa shape index (κ2) is 5.09. The third-order valence-corrected chi connectivity index (χ3v) is 3.01. The van der Waals surface area contributed by atoms with Crippen LogP contribution in [0.25, 0.3) is 0 Å². The quantitative estimate of drug-likeness (QED) is 0.847. The Bertz CT molecular complexity index is 356. The zero-order chi connectivity index (χ0) is 11.4. The fourth-order valence-corrected chi connectivity index (χ4v) is 2.11. The molecule has 1 aromatic rings. The third-order valence-electron chi connectivity index (χ3n) is 3.01. The summed E-state index contributed by atoms with van der Waals surface area (Å²) >= 11 is 0. The second-order valence-electron chi connectivity index (χ2n) is 4.27. The monoisotopic (exact) mass is 224 g/mol. The van der Waals surface area contributed by atoms with Crippen molar-refractivity contribution in [1.29, 1.82) is 0 Å². The standard InChI is InChI=1S/C11H16N2O3/c14-10(15)7-6-9-12-11(13-16-9)8-4-2-1-3-5-8/h8H,1-7H2,(H,14,15). The van der Waals surface area contributed by atoms with Gasteiger partial charge in [0, 0.05) is 12.3 Å². The van der Waals surface area contributed by atoms with Crippen LogP contribution in [0.2, 0.25) is 0 Å². The Morgan fingerprint density at radius 2 is 2.12 bits per heavy atom. The molecule has 0 unspecified atom stereocenters. The van der Waals surface area contributed by atoms with Crippen molar-refractivity contribution in [2.45, 2.75) is 50.9 Å². The van der Waals surface area contributed by atoms with Gasteiger partial charge in [-0.05, 0) is 12.8 Å². The van der Waals surface area contributed by atoms with Crippen molar-refractivity contribution in [1.82, 2.24) is 10.1 Å². The zero-order valence-electron chi connectivity index (χ0n) is 9.19. The summed E-state index contributed by atoms with van der Waals surface area (Å²) in [4.78, 5) is 14.7. The molecule has 1 aliphatic rings. The largest absolute Gasteiger partial charge is 0.481 e. The summed E-state index contributed by atoms with van der Waals surface area (Å²) in [6, 6.07) is 0. The lowest BCUT2D eigenvalue weighted by Crippen LogP contribution is -2.06. The number of carbonyl (C=O) groups is 1. The molecule has 0 bridgehead atoms. The molecule has 88 valence electrons. The van der Waals surface area contributed by atoms with E-state index in [1.807, 2.05) is 0 Å². The van der Waals surface area contributed by atoms with Gasteiger partial charge in [-0.2, -0.15) is 4.98 Å². The summed E-state index contributed by atoms with van der Waals surface area (Å²) in [6.07, 6.45) is 6.37. The van der Waals surface area contributed by atoms with Crippen LogP contribution in [-0.4, -0.2) is 21.2 Å². The van der Waals surface area contributed by atoms with E-state index in [1.165, 1.54) is 19.3 Å². The lowest BCUT2D eigenvalue weighted by Gasteiger charge is -2.17. The summed E-state index contributed by atoms with van der Waals surface area (Å²) < 4.78 is 5.04. The first-order chi connectivity index (χ1) is 7.75. The highest BCUT2D eigenvalue weighted by Crippen LogP contribution is 2.30. The van der Waals surface area contributed by atoms with E-state index < -0.39 is 5.97 Å². The molecule has 2 rings (SSSR count). The molecule has 1 aliphatic carbocycles. The Labute approximate surface area is 93.9 Å². The smallest absolute Gasteiger partial charge is 0.303 e. The highest BCUT2D eigenvalue weighted by molar-refractivity contribution is 5.66. The van der Waals surface area contributed by atoms with E-state index in [9.17, 15) is 4.79 Å². The van der Waals surface area contributed by atoms with Crippen molar-refractivity contribution in [3.8, 4) is 0 Å². The molecule has 0 saturated heterocycles. The van der Waals surface area contributed by atoms with Crippen molar-refractivity contribution < 1.29 is 14.4 Å². The van der Waals surface area contributed by atoms with Gasteiger partial charge in [-0.25, -0.2) is 0 Å². The van der Waals surface area contributed by atoms with Gasteiger partial charge in [0.05, 0.1) is 6.42 Å². The topological polar surface area (TPSA) is 76.2 Å². The number of rotatable bonds is 4. The minimum absolute atomic E-state index is 0.0479. The minimum Gasteiger partial charge on any atom is -0.481 e. The van der Waals surface area contributed by atoms with E-state index in [-0.39, 0.29) is 6.42 Å². The SMILES string of the molecule is O=C(O)CCc1nc(C2CCCCC2)no1. The summed E-state index contributed by atoms with van der Waals surface area (Å²) in [7, 11) is 0. The van der Waals surface area contributed by atoms with E-state index in [1.54, 1.807) is 0 Å². The van der Waals surface area contributed by atoms with Crippen LogP contribution < -0.4 is 0 Å². The first-order valence-corrected chi connectivity index (χ1v) is 5.80. The van der Waals surface area contributed by atoms with Crippen molar-refractivity contribution in [3.05, 3.63) is 11.7 Å². The van der Waals surface area contributed by atoms with E-state index in [0.29, 0.717) is 18.2 Å². The number of carboxylic acid groups (broad SMARTS) is 1. The fraction of sp³-hybridized carbons (Fsp3) is 0.727. The highest BCUT2D eigenvalue weighted by Gasteiger charge is 2.20. The molecule has 1 heterocycles. The molecule has 1 N–H and O–H groups in total. The van der Waals surface area contributed by atoms with Crippen LogP contribution in [0.3, 0.4) is 0 Å². The van der Waals surface area contributed by atoms with Crippen LogP contribution in [-0.2, 0) is 11.2 Å². The zero-order valence-corrected chi connectivity index (χ0v) is 9.19. The van der Waals surface area contributed by atoms with Gasteiger partial charge in [0.2, 0.25) is 5.89 Å². The molecule has 16 heavy (non-hydrogen) atoms. The average Bonchev–Trinajstić information content (AvgIpc) is 2.76. The van der Waals surface area contributed by atoms with Crippen LogP contribution in [0, 0.1) is 0 Å². The predicted molar refractivity (Wildman–Crippen MR) is 56.1 cm³/mol. The van der Waals surface area contributed by atoms with Crippen LogP contribution in [0.4, 0.5) is 0 Å². The van der Waals surface area contributed by atoms with Gasteiger partial charge in [0.25, 0.3) is 0 Å². The molecule has 5 heteroatoms. The molecular formula is C11H16N2O3. The summed E-state index contributed by atoms with van der Waals surface area (Å²) in [5.41, 5.74) is 0. The second-order valence-corrected chi connectivity index (χ2v) is 4.27. The molecule has 1 aromatic heterocycles. The molecule has 0 radical (unpaired) electrons. The molecule has 0 spiro atoms. The van der Waals surface area contributed by atoms with Crippen molar-refractivity contribution >= 4 is 5.97 Å². The number of nitrogens with zero attached hydrogens (tertiary/aromatic N) is 2. The Kier molecular flexibility index (Phi) is 3.54. The number of carboxylic acids is 1. The molecular weight excluding hydrogens is 208 g/mol. The molecule has 1 fully saturated rings. The van der Waals surface area contributed by atoms with Gasteiger partial charge in [-0.1, -0.05) is 24.4 Å². The molecule has 0 aromatic carbocycles. The lowest BCUT2D eigenvalue weighted by molar-refractivity contribution is -0.137. The average molecular weight is 224 g/mol. The first kappa shape index (κ1) is 11.1. The van der Waals surface area contributed by atoms with Gasteiger partial charge in [0.1, 0.15) is 0 Å². The van der Waals surface area contributed by atoms with Gasteiger partial charge in [-0.15, -0.1) is 0 Å². The maximum Gasteiger partial charge on any atom is 0.303 e. The molecule has 1 saturated carbocycles. The normalized spacial score (nSPS) is 17.5. The summed E-state index contributed by atoms with van der Waals surface area (Å²) in [5.74, 6) is 0.788. The summed E-state index contributed by atoms with van der Waals surface area (Å²) in [5, 5.41) is 12.5. The number of hydrogen-bond donors (Lipinski definition) is 1. The van der Waals surface area contributed by atoms with Gasteiger partial charge >= 0.3 is 5.97 Å². The van der Waals surface area contributed by atoms with E-state index >= 15 is 0 Å². The van der Waals surface area contributed by atoms with Crippen molar-refractivity contribution in [2.24, 2.45) is 0 Å². The number of aromatic nitrogens is 2. The van der Waals surface area contributed by atoms with E-state index in [0.717, 1.165) is 18.7 Å². The Balaban J connectivity index is 1.93. The fourth-order valence-electron chi connectivity index (χ4n) is 2.11. The van der Waals surface area contributed by atoms with E-state index in [4.69, 9.17) is 9.63 Å². The first-order valence-electron chi connectivity index (χ1n) is 5.80.